The van der Waals surface area contributed by atoms with E-state index in [0.717, 1.165) is 11.3 Å². The van der Waals surface area contributed by atoms with E-state index in [-0.39, 0.29) is 12.3 Å². The van der Waals surface area contributed by atoms with Gasteiger partial charge in [0.25, 0.3) is 0 Å². The molecule has 0 bridgehead atoms. The predicted molar refractivity (Wildman–Crippen MR) is 91.8 cm³/mol. The fourth-order valence-electron chi connectivity index (χ4n) is 1.77. The van der Waals surface area contributed by atoms with E-state index in [1.165, 1.54) is 13.2 Å². The summed E-state index contributed by atoms with van der Waals surface area (Å²) in [6, 6.07) is 10.5. The average Bonchev–Trinajstić information content (AvgIpc) is 2.67. The molecular weight excluding hydrogens is 306 g/mol. The van der Waals surface area contributed by atoms with E-state index < -0.39 is 5.97 Å². The maximum atomic E-state index is 11.6. The number of hydrogen-bond donors (Lipinski definition) is 1. The Kier molecular flexibility index (Phi) is 8.03. The number of aromatic nitrogens is 1. The van der Waals surface area contributed by atoms with E-state index in [9.17, 15) is 9.90 Å². The molecule has 1 aromatic heterocycles. The van der Waals surface area contributed by atoms with E-state index >= 15 is 0 Å². The van der Waals surface area contributed by atoms with Gasteiger partial charge in [0, 0.05) is 11.1 Å². The largest absolute Gasteiger partial charge is 0.497 e. The molecule has 126 valence electrons. The Hall–Kier alpha value is -2.84. The van der Waals surface area contributed by atoms with E-state index in [1.807, 2.05) is 38.1 Å². The van der Waals surface area contributed by atoms with Crippen LogP contribution in [0.1, 0.15) is 41.2 Å². The summed E-state index contributed by atoms with van der Waals surface area (Å²) < 4.78 is 9.71. The van der Waals surface area contributed by atoms with Crippen molar-refractivity contribution in [2.75, 3.05) is 14.2 Å². The predicted octanol–water partition coefficient (Wildman–Crippen LogP) is 2.80. The minimum atomic E-state index is -0.567. The molecule has 0 spiro atoms. The van der Waals surface area contributed by atoms with Crippen LogP contribution < -0.4 is 4.74 Å². The first-order chi connectivity index (χ1) is 11.7. The van der Waals surface area contributed by atoms with Crippen LogP contribution in [-0.4, -0.2) is 30.3 Å². The lowest BCUT2D eigenvalue weighted by atomic mass is 10.1. The van der Waals surface area contributed by atoms with Crippen LogP contribution >= 0.6 is 0 Å². The van der Waals surface area contributed by atoms with Gasteiger partial charge in [-0.3, -0.25) is 0 Å². The standard InChI is InChI=1S/C17H15NO4.C2H6/c1-21-15-7-5-12(6-8-15)3-4-13-9-14(11-19)18-16(10-13)17(20)22-2;1-2/h5-10,19H,11H2,1-2H3;1-2H3. The minimum Gasteiger partial charge on any atom is -0.497 e. The number of carbonyl (C=O) groups excluding carboxylic acids is 1. The van der Waals surface area contributed by atoms with Gasteiger partial charge in [0.05, 0.1) is 26.5 Å². The van der Waals surface area contributed by atoms with Crippen LogP contribution in [0.15, 0.2) is 36.4 Å². The number of benzene rings is 1. The van der Waals surface area contributed by atoms with E-state index in [2.05, 4.69) is 21.6 Å². The fourth-order valence-corrected chi connectivity index (χ4v) is 1.77. The molecule has 2 rings (SSSR count). The molecule has 1 N–H and O–H groups in total. The maximum Gasteiger partial charge on any atom is 0.356 e. The summed E-state index contributed by atoms with van der Waals surface area (Å²) in [5.41, 5.74) is 1.87. The minimum absolute atomic E-state index is 0.119. The van der Waals surface area contributed by atoms with Crippen LogP contribution in [0.2, 0.25) is 0 Å². The Labute approximate surface area is 142 Å². The van der Waals surface area contributed by atoms with Gasteiger partial charge in [-0.2, -0.15) is 0 Å². The van der Waals surface area contributed by atoms with Crippen molar-refractivity contribution in [2.24, 2.45) is 0 Å². The molecular formula is C19H21NO4. The van der Waals surface area contributed by atoms with Gasteiger partial charge in [-0.25, -0.2) is 9.78 Å². The summed E-state index contributed by atoms with van der Waals surface area (Å²) in [4.78, 5) is 15.5. The first-order valence-electron chi connectivity index (χ1n) is 7.52. The number of pyridine rings is 1. The van der Waals surface area contributed by atoms with Crippen molar-refractivity contribution in [3.05, 3.63) is 58.9 Å². The van der Waals surface area contributed by atoms with Crippen molar-refractivity contribution in [3.8, 4) is 17.6 Å². The van der Waals surface area contributed by atoms with Gasteiger partial charge in [0.1, 0.15) is 11.4 Å². The molecule has 0 aliphatic rings. The lowest BCUT2D eigenvalue weighted by molar-refractivity contribution is 0.0593. The zero-order chi connectivity index (χ0) is 17.9. The number of nitrogens with zero attached hydrogens (tertiary/aromatic N) is 1. The van der Waals surface area contributed by atoms with E-state index in [0.29, 0.717) is 11.3 Å². The molecule has 0 amide bonds. The molecule has 5 nitrogen and oxygen atoms in total. The second-order valence-electron chi connectivity index (χ2n) is 4.36. The summed E-state index contributed by atoms with van der Waals surface area (Å²) in [6.07, 6.45) is 0. The summed E-state index contributed by atoms with van der Waals surface area (Å²) >= 11 is 0. The third-order valence-corrected chi connectivity index (χ3v) is 2.88. The monoisotopic (exact) mass is 327 g/mol. The molecule has 24 heavy (non-hydrogen) atoms. The lowest BCUT2D eigenvalue weighted by Crippen LogP contribution is -2.07. The first-order valence-corrected chi connectivity index (χ1v) is 7.52. The van der Waals surface area contributed by atoms with Crippen molar-refractivity contribution in [3.63, 3.8) is 0 Å². The third kappa shape index (κ3) is 5.41. The lowest BCUT2D eigenvalue weighted by Gasteiger charge is -2.02. The Bertz CT molecular complexity index is 727. The number of carbonyl (C=O) groups is 1. The van der Waals surface area contributed by atoms with Crippen molar-refractivity contribution in [1.29, 1.82) is 0 Å². The first kappa shape index (κ1) is 19.2. The number of methoxy groups -OCH3 is 2. The van der Waals surface area contributed by atoms with Gasteiger partial charge in [0.15, 0.2) is 0 Å². The molecule has 2 aromatic rings. The Morgan fingerprint density at radius 1 is 1.08 bits per heavy atom. The van der Waals surface area contributed by atoms with Gasteiger partial charge in [-0.15, -0.1) is 0 Å². The highest BCUT2D eigenvalue weighted by atomic mass is 16.5. The molecule has 0 unspecified atom stereocenters. The number of aliphatic hydroxyl groups is 1. The SMILES string of the molecule is CC.COC(=O)c1cc(C#Cc2ccc(OC)cc2)cc(CO)n1. The van der Waals surface area contributed by atoms with Crippen LogP contribution in [-0.2, 0) is 11.3 Å². The van der Waals surface area contributed by atoms with Gasteiger partial charge in [0.2, 0.25) is 0 Å². The second kappa shape index (κ2) is 10.0. The molecule has 0 fully saturated rings. The van der Waals surface area contributed by atoms with Crippen molar-refractivity contribution in [1.82, 2.24) is 4.98 Å². The molecule has 0 aliphatic heterocycles. The van der Waals surface area contributed by atoms with E-state index in [1.54, 1.807) is 13.2 Å². The molecule has 5 heteroatoms. The van der Waals surface area contributed by atoms with Gasteiger partial charge >= 0.3 is 5.97 Å². The van der Waals surface area contributed by atoms with Crippen molar-refractivity contribution < 1.29 is 19.4 Å². The third-order valence-electron chi connectivity index (χ3n) is 2.88. The maximum absolute atomic E-state index is 11.6. The number of esters is 1. The summed E-state index contributed by atoms with van der Waals surface area (Å²) in [6.45, 7) is 3.72. The van der Waals surface area contributed by atoms with Crippen molar-refractivity contribution in [2.45, 2.75) is 20.5 Å². The van der Waals surface area contributed by atoms with Crippen LogP contribution in [0.5, 0.6) is 5.75 Å². The quantitative estimate of drug-likeness (QED) is 0.693. The van der Waals surface area contributed by atoms with Crippen molar-refractivity contribution >= 4 is 5.97 Å². The summed E-state index contributed by atoms with van der Waals surface area (Å²) in [5, 5.41) is 9.21. The van der Waals surface area contributed by atoms with Crippen LogP contribution in [0.25, 0.3) is 0 Å². The summed E-state index contributed by atoms with van der Waals surface area (Å²) in [7, 11) is 2.88. The van der Waals surface area contributed by atoms with Gasteiger partial charge in [-0.05, 0) is 36.4 Å². The molecule has 1 aromatic carbocycles. The van der Waals surface area contributed by atoms with E-state index in [4.69, 9.17) is 4.74 Å². The highest BCUT2D eigenvalue weighted by molar-refractivity contribution is 5.87. The molecule has 0 aliphatic carbocycles. The fraction of sp³-hybridized carbons (Fsp3) is 0.263. The highest BCUT2D eigenvalue weighted by Crippen LogP contribution is 2.11. The van der Waals surface area contributed by atoms with Crippen LogP contribution in [0.3, 0.4) is 0 Å². The Morgan fingerprint density at radius 2 is 1.71 bits per heavy atom. The number of rotatable bonds is 3. The van der Waals surface area contributed by atoms with Gasteiger partial charge in [-0.1, -0.05) is 25.7 Å². The molecule has 0 radical (unpaired) electrons. The smallest absolute Gasteiger partial charge is 0.356 e. The van der Waals surface area contributed by atoms with Gasteiger partial charge < -0.3 is 14.6 Å². The normalized spacial score (nSPS) is 9.04. The topological polar surface area (TPSA) is 68.7 Å². The number of aliphatic hydroxyl groups excluding tert-OH is 1. The number of ether oxygens (including phenoxy) is 2. The summed E-state index contributed by atoms with van der Waals surface area (Å²) in [5.74, 6) is 6.11. The Morgan fingerprint density at radius 3 is 2.25 bits per heavy atom. The molecule has 0 atom stereocenters. The molecule has 0 saturated carbocycles. The molecule has 1 heterocycles. The zero-order valence-corrected chi connectivity index (χ0v) is 14.3. The molecule has 0 saturated heterocycles. The second-order valence-corrected chi connectivity index (χ2v) is 4.36. The Balaban J connectivity index is 0.00000139. The van der Waals surface area contributed by atoms with Crippen LogP contribution in [0.4, 0.5) is 0 Å². The zero-order valence-electron chi connectivity index (χ0n) is 14.3. The highest BCUT2D eigenvalue weighted by Gasteiger charge is 2.09. The van der Waals surface area contributed by atoms with Crippen LogP contribution in [0, 0.1) is 11.8 Å². The number of hydrogen-bond acceptors (Lipinski definition) is 5. The average molecular weight is 327 g/mol.